The van der Waals surface area contributed by atoms with E-state index in [0.29, 0.717) is 13.0 Å². The van der Waals surface area contributed by atoms with Crippen LogP contribution >= 0.6 is 7.60 Å². The minimum Gasteiger partial charge on any atom is -0.332 e. The van der Waals surface area contributed by atoms with E-state index >= 15 is 0 Å². The topological polar surface area (TPSA) is 79.7 Å². The van der Waals surface area contributed by atoms with Crippen molar-refractivity contribution in [3.8, 4) is 0 Å². The lowest BCUT2D eigenvalue weighted by Gasteiger charge is -2.36. The molecule has 0 unspecified atom stereocenters. The Kier molecular flexibility index (Phi) is 8.00. The number of nitrogens with zero attached hydrogens (tertiary/aromatic N) is 1. The van der Waals surface area contributed by atoms with Crippen molar-refractivity contribution in [3.63, 3.8) is 0 Å². The summed E-state index contributed by atoms with van der Waals surface area (Å²) in [4.78, 5) is 14.4. The van der Waals surface area contributed by atoms with Crippen LogP contribution in [0.5, 0.6) is 0 Å². The average molecular weight is 368 g/mol. The molecule has 0 fully saturated rings. The van der Waals surface area contributed by atoms with Crippen LogP contribution in [0.15, 0.2) is 30.3 Å². The van der Waals surface area contributed by atoms with Crippen molar-refractivity contribution in [1.82, 2.24) is 4.90 Å². The van der Waals surface area contributed by atoms with Gasteiger partial charge < -0.3 is 13.9 Å². The average Bonchev–Trinajstić information content (AvgIpc) is 2.54. The molecule has 0 aromatic heterocycles. The van der Waals surface area contributed by atoms with Gasteiger partial charge in [0.1, 0.15) is 0 Å². The summed E-state index contributed by atoms with van der Waals surface area (Å²) in [5, 5.41) is 8.14. The molecule has 25 heavy (non-hydrogen) atoms. The Bertz CT molecular complexity index is 616. The predicted octanol–water partition coefficient (Wildman–Crippen LogP) is 4.10. The van der Waals surface area contributed by atoms with E-state index in [-0.39, 0.29) is 13.2 Å². The number of amides is 1. The van der Waals surface area contributed by atoms with Gasteiger partial charge >= 0.3 is 7.60 Å². The molecule has 0 bridgehead atoms. The highest BCUT2D eigenvalue weighted by molar-refractivity contribution is 7.75. The molecule has 6 nitrogen and oxygen atoms in total. The maximum absolute atomic E-state index is 12.9. The second-order valence-corrected chi connectivity index (χ2v) is 8.50. The molecule has 0 aliphatic rings. The molecule has 140 valence electrons. The molecule has 0 aliphatic carbocycles. The second-order valence-electron chi connectivity index (χ2n) is 6.54. The van der Waals surface area contributed by atoms with Gasteiger partial charge in [-0.15, -0.1) is 0 Å². The lowest BCUT2D eigenvalue weighted by atomic mass is 10.0. The van der Waals surface area contributed by atoms with Gasteiger partial charge in [0.15, 0.2) is 0 Å². The SMILES string of the molecule is CCOP(=O)(OCC)C(=N)C(=O)N(CCc1ccccc1)C(C)(C)C. The van der Waals surface area contributed by atoms with Crippen molar-refractivity contribution >= 4 is 19.0 Å². The van der Waals surface area contributed by atoms with Crippen LogP contribution in [-0.4, -0.2) is 41.6 Å². The fraction of sp³-hybridized carbons (Fsp3) is 0.556. The molecule has 0 saturated heterocycles. The predicted molar refractivity (Wildman–Crippen MR) is 100 cm³/mol. The number of carbonyl (C=O) groups is 1. The largest absolute Gasteiger partial charge is 0.384 e. The van der Waals surface area contributed by atoms with Gasteiger partial charge in [0.05, 0.1) is 13.2 Å². The lowest BCUT2D eigenvalue weighted by Crippen LogP contribution is -2.49. The van der Waals surface area contributed by atoms with E-state index in [0.717, 1.165) is 5.56 Å². The molecule has 0 saturated carbocycles. The van der Waals surface area contributed by atoms with Crippen molar-refractivity contribution in [2.75, 3.05) is 19.8 Å². The van der Waals surface area contributed by atoms with Gasteiger partial charge in [-0.2, -0.15) is 0 Å². The Balaban J connectivity index is 2.99. The molecule has 1 aromatic rings. The Hall–Kier alpha value is -1.49. The number of hydrogen-bond acceptors (Lipinski definition) is 5. The maximum atomic E-state index is 12.9. The van der Waals surface area contributed by atoms with E-state index in [4.69, 9.17) is 14.5 Å². The summed E-state index contributed by atoms with van der Waals surface area (Å²) in [6, 6.07) is 9.80. The van der Waals surface area contributed by atoms with E-state index in [9.17, 15) is 9.36 Å². The number of rotatable bonds is 9. The van der Waals surface area contributed by atoms with Crippen molar-refractivity contribution in [2.24, 2.45) is 0 Å². The van der Waals surface area contributed by atoms with Crippen molar-refractivity contribution in [3.05, 3.63) is 35.9 Å². The highest BCUT2D eigenvalue weighted by Gasteiger charge is 2.40. The van der Waals surface area contributed by atoms with Crippen LogP contribution in [-0.2, 0) is 24.8 Å². The normalized spacial score (nSPS) is 12.0. The van der Waals surface area contributed by atoms with E-state index in [1.54, 1.807) is 18.7 Å². The van der Waals surface area contributed by atoms with Crippen molar-refractivity contribution in [1.29, 1.82) is 5.41 Å². The maximum Gasteiger partial charge on any atom is 0.384 e. The molecule has 0 atom stereocenters. The van der Waals surface area contributed by atoms with E-state index in [1.807, 2.05) is 51.1 Å². The zero-order valence-corrected chi connectivity index (χ0v) is 16.6. The zero-order chi connectivity index (χ0) is 19.1. The number of nitrogens with one attached hydrogen (secondary N) is 1. The Morgan fingerprint density at radius 1 is 1.12 bits per heavy atom. The Morgan fingerprint density at radius 3 is 2.08 bits per heavy atom. The van der Waals surface area contributed by atoms with Crippen LogP contribution in [0.1, 0.15) is 40.2 Å². The van der Waals surface area contributed by atoms with Crippen LogP contribution in [0.4, 0.5) is 0 Å². The van der Waals surface area contributed by atoms with Gasteiger partial charge in [0.25, 0.3) is 5.91 Å². The molecule has 1 amide bonds. The van der Waals surface area contributed by atoms with Crippen LogP contribution in [0.3, 0.4) is 0 Å². The first kappa shape index (κ1) is 21.6. The van der Waals surface area contributed by atoms with Crippen molar-refractivity contribution < 1.29 is 18.4 Å². The minimum absolute atomic E-state index is 0.104. The zero-order valence-electron chi connectivity index (χ0n) is 15.7. The van der Waals surface area contributed by atoms with Crippen LogP contribution in [0.2, 0.25) is 0 Å². The highest BCUT2D eigenvalue weighted by atomic mass is 31.2. The van der Waals surface area contributed by atoms with Gasteiger partial charge in [0.2, 0.25) is 5.45 Å². The van der Waals surface area contributed by atoms with Gasteiger partial charge in [0, 0.05) is 12.1 Å². The first-order chi connectivity index (χ1) is 11.7. The third-order valence-corrected chi connectivity index (χ3v) is 5.53. The fourth-order valence-electron chi connectivity index (χ4n) is 2.38. The van der Waals surface area contributed by atoms with Crippen LogP contribution < -0.4 is 0 Å². The van der Waals surface area contributed by atoms with Gasteiger partial charge in [-0.3, -0.25) is 14.8 Å². The van der Waals surface area contributed by atoms with E-state index < -0.39 is 24.5 Å². The van der Waals surface area contributed by atoms with Gasteiger partial charge in [-0.1, -0.05) is 30.3 Å². The first-order valence-corrected chi connectivity index (χ1v) is 10.0. The summed E-state index contributed by atoms with van der Waals surface area (Å²) >= 11 is 0. The summed E-state index contributed by atoms with van der Waals surface area (Å²) in [6.07, 6.45) is 0.644. The molecule has 1 aromatic carbocycles. The fourth-order valence-corrected chi connectivity index (χ4v) is 3.75. The van der Waals surface area contributed by atoms with E-state index in [2.05, 4.69) is 0 Å². The number of benzene rings is 1. The van der Waals surface area contributed by atoms with Gasteiger partial charge in [-0.05, 0) is 46.6 Å². The monoisotopic (exact) mass is 368 g/mol. The van der Waals surface area contributed by atoms with E-state index in [1.165, 1.54) is 0 Å². The molecule has 0 spiro atoms. The summed E-state index contributed by atoms with van der Waals surface area (Å²) in [6.45, 7) is 9.58. The smallest absolute Gasteiger partial charge is 0.332 e. The molecular weight excluding hydrogens is 339 g/mol. The quantitative estimate of drug-likeness (QED) is 0.526. The molecule has 0 aliphatic heterocycles. The number of carbonyl (C=O) groups excluding carboxylic acids is 1. The summed E-state index contributed by atoms with van der Waals surface area (Å²) < 4.78 is 23.0. The second kappa shape index (κ2) is 9.27. The molecule has 7 heteroatoms. The minimum atomic E-state index is -3.89. The van der Waals surface area contributed by atoms with Crippen molar-refractivity contribution in [2.45, 2.75) is 46.6 Å². The summed E-state index contributed by atoms with van der Waals surface area (Å²) in [7, 11) is -3.89. The van der Waals surface area contributed by atoms with Crippen LogP contribution in [0, 0.1) is 5.41 Å². The van der Waals surface area contributed by atoms with Gasteiger partial charge in [-0.25, -0.2) is 0 Å². The highest BCUT2D eigenvalue weighted by Crippen LogP contribution is 2.49. The Morgan fingerprint density at radius 2 is 1.64 bits per heavy atom. The molecule has 0 radical (unpaired) electrons. The first-order valence-electron chi connectivity index (χ1n) is 8.49. The molecular formula is C18H29N2O4P. The third-order valence-electron chi connectivity index (χ3n) is 3.60. The number of hydrogen-bond donors (Lipinski definition) is 1. The summed E-state index contributed by atoms with van der Waals surface area (Å²) in [5.41, 5.74) is -0.0467. The Labute approximate surface area is 150 Å². The molecule has 0 heterocycles. The standard InChI is InChI=1S/C18H29N2O4P/c1-6-23-25(22,24-7-2)16(19)17(21)20(18(3,4)5)14-13-15-11-9-8-10-12-15/h8-12,19H,6-7,13-14H2,1-5H3. The van der Waals surface area contributed by atoms with Crippen LogP contribution in [0.25, 0.3) is 0 Å². The third kappa shape index (κ3) is 6.07. The molecule has 1 rings (SSSR count). The lowest BCUT2D eigenvalue weighted by molar-refractivity contribution is -0.128. The summed E-state index contributed by atoms with van der Waals surface area (Å²) in [5.74, 6) is -0.617. The molecule has 1 N–H and O–H groups in total.